The second-order valence-corrected chi connectivity index (χ2v) is 6.48. The number of benzene rings is 1. The summed E-state index contributed by atoms with van der Waals surface area (Å²) in [6, 6.07) is 8.38. The quantitative estimate of drug-likeness (QED) is 0.853. The van der Waals surface area contributed by atoms with Crippen molar-refractivity contribution in [3.63, 3.8) is 0 Å². The monoisotopic (exact) mass is 323 g/mol. The number of hydrogen-bond acceptors (Lipinski definition) is 3. The van der Waals surface area contributed by atoms with E-state index in [1.807, 2.05) is 6.07 Å². The fourth-order valence-corrected chi connectivity index (χ4v) is 4.22. The van der Waals surface area contributed by atoms with Gasteiger partial charge in [-0.05, 0) is 49.5 Å². The van der Waals surface area contributed by atoms with Crippen LogP contribution in [0.4, 0.5) is 0 Å². The zero-order valence-electron chi connectivity index (χ0n) is 13.5. The second-order valence-electron chi connectivity index (χ2n) is 6.48. The maximum Gasteiger partial charge on any atom is 0.133 e. The number of halogens is 1. The fourth-order valence-electron chi connectivity index (χ4n) is 4.22. The third-order valence-electron chi connectivity index (χ3n) is 5.51. The zero-order chi connectivity index (χ0) is 14.9. The van der Waals surface area contributed by atoms with Crippen molar-refractivity contribution >= 4 is 18.2 Å². The maximum absolute atomic E-state index is 12.2. The summed E-state index contributed by atoms with van der Waals surface area (Å²) in [7, 11) is 1.71. The summed E-state index contributed by atoms with van der Waals surface area (Å²) in [6.07, 6.45) is 3.59. The van der Waals surface area contributed by atoms with Crippen molar-refractivity contribution in [3.8, 4) is 5.75 Å². The fraction of sp³-hybridized carbons (Fsp3) is 0.611. The van der Waals surface area contributed by atoms with Gasteiger partial charge >= 0.3 is 0 Å². The molecule has 2 fully saturated rings. The smallest absolute Gasteiger partial charge is 0.133 e. The highest BCUT2D eigenvalue weighted by Gasteiger charge is 2.47. The van der Waals surface area contributed by atoms with Crippen LogP contribution in [0.25, 0.3) is 0 Å². The van der Waals surface area contributed by atoms with Gasteiger partial charge in [-0.15, -0.1) is 12.4 Å². The summed E-state index contributed by atoms with van der Waals surface area (Å²) in [5.74, 6) is 1.92. The number of fused-ring (bicyclic) bond motifs is 1. The number of ether oxygens (including phenoxy) is 1. The highest BCUT2D eigenvalue weighted by molar-refractivity contribution is 5.85. The van der Waals surface area contributed by atoms with E-state index in [0.29, 0.717) is 18.1 Å². The first-order valence-corrected chi connectivity index (χ1v) is 8.06. The van der Waals surface area contributed by atoms with Gasteiger partial charge in [-0.3, -0.25) is 4.79 Å². The van der Waals surface area contributed by atoms with Gasteiger partial charge in [0.15, 0.2) is 0 Å². The Bertz CT molecular complexity index is 534. The van der Waals surface area contributed by atoms with E-state index in [2.05, 4.69) is 30.0 Å². The van der Waals surface area contributed by atoms with Crippen molar-refractivity contribution in [2.75, 3.05) is 26.7 Å². The zero-order valence-corrected chi connectivity index (χ0v) is 14.3. The standard InChI is InChI=1S/C18H25NO2.ClH/c1-3-19-10-9-18(12-16(20)8-7-15(18)13-19)14-5-4-6-17(11-14)21-2;/h4-6,11,15H,3,7-10,12-13H2,1-2H3;1H/t15-,18+;/m1./s1. The molecule has 2 aliphatic rings. The van der Waals surface area contributed by atoms with Crippen LogP contribution in [0.3, 0.4) is 0 Å². The molecule has 1 saturated carbocycles. The molecule has 1 aliphatic heterocycles. The number of carbonyl (C=O) groups is 1. The minimum absolute atomic E-state index is 0. The molecule has 0 spiro atoms. The molecule has 122 valence electrons. The van der Waals surface area contributed by atoms with Crippen LogP contribution in [0, 0.1) is 5.92 Å². The Hall–Kier alpha value is -1.06. The van der Waals surface area contributed by atoms with Crippen molar-refractivity contribution in [1.82, 2.24) is 4.90 Å². The van der Waals surface area contributed by atoms with E-state index in [4.69, 9.17) is 4.74 Å². The Kier molecular flexibility index (Phi) is 5.51. The predicted octanol–water partition coefficient (Wildman–Crippen LogP) is 3.45. The lowest BCUT2D eigenvalue weighted by molar-refractivity contribution is -0.125. The molecule has 1 saturated heterocycles. The number of piperidine rings is 1. The van der Waals surface area contributed by atoms with Gasteiger partial charge in [-0.1, -0.05) is 19.1 Å². The number of nitrogens with zero attached hydrogens (tertiary/aromatic N) is 1. The minimum Gasteiger partial charge on any atom is -0.497 e. The van der Waals surface area contributed by atoms with Crippen LogP contribution >= 0.6 is 12.4 Å². The number of likely N-dealkylation sites (tertiary alicyclic amines) is 1. The largest absolute Gasteiger partial charge is 0.497 e. The average Bonchev–Trinajstić information content (AvgIpc) is 2.54. The molecular formula is C18H26ClNO2. The lowest BCUT2D eigenvalue weighted by atomic mass is 9.59. The molecule has 0 bridgehead atoms. The Morgan fingerprint density at radius 3 is 2.95 bits per heavy atom. The Morgan fingerprint density at radius 1 is 1.41 bits per heavy atom. The van der Waals surface area contributed by atoms with Crippen molar-refractivity contribution < 1.29 is 9.53 Å². The number of carbonyl (C=O) groups excluding carboxylic acids is 1. The van der Waals surface area contributed by atoms with Crippen LogP contribution in [-0.4, -0.2) is 37.4 Å². The number of ketones is 1. The van der Waals surface area contributed by atoms with Crippen LogP contribution < -0.4 is 4.74 Å². The van der Waals surface area contributed by atoms with Crippen LogP contribution in [0.2, 0.25) is 0 Å². The van der Waals surface area contributed by atoms with Crippen LogP contribution in [0.5, 0.6) is 5.75 Å². The number of hydrogen-bond donors (Lipinski definition) is 0. The first kappa shape index (κ1) is 17.3. The van der Waals surface area contributed by atoms with Gasteiger partial charge in [0.2, 0.25) is 0 Å². The lowest BCUT2D eigenvalue weighted by Crippen LogP contribution is -2.52. The number of Topliss-reactive ketones (excluding diaryl/α,β-unsaturated/α-hetero) is 1. The summed E-state index contributed by atoms with van der Waals surface area (Å²) in [5.41, 5.74) is 1.34. The number of rotatable bonds is 3. The second kappa shape index (κ2) is 7.01. The molecule has 3 rings (SSSR count). The van der Waals surface area contributed by atoms with Gasteiger partial charge < -0.3 is 9.64 Å². The molecule has 1 aliphatic carbocycles. The molecule has 4 heteroatoms. The van der Waals surface area contributed by atoms with E-state index in [-0.39, 0.29) is 17.8 Å². The average molecular weight is 324 g/mol. The Morgan fingerprint density at radius 2 is 2.23 bits per heavy atom. The van der Waals surface area contributed by atoms with E-state index in [0.717, 1.165) is 44.6 Å². The molecule has 0 aromatic heterocycles. The SMILES string of the molecule is CCN1CC[C@@]2(c3cccc(OC)c3)CC(=O)CC[C@@H]2C1.Cl. The summed E-state index contributed by atoms with van der Waals surface area (Å²) in [5, 5.41) is 0. The van der Waals surface area contributed by atoms with Crippen molar-refractivity contribution in [1.29, 1.82) is 0 Å². The molecule has 0 N–H and O–H groups in total. The van der Waals surface area contributed by atoms with E-state index in [1.165, 1.54) is 5.56 Å². The van der Waals surface area contributed by atoms with Crippen LogP contribution in [0.15, 0.2) is 24.3 Å². The molecule has 22 heavy (non-hydrogen) atoms. The van der Waals surface area contributed by atoms with E-state index >= 15 is 0 Å². The summed E-state index contributed by atoms with van der Waals surface area (Å²) < 4.78 is 5.40. The Labute approximate surface area is 139 Å². The molecule has 1 aromatic rings. The molecule has 1 aromatic carbocycles. The van der Waals surface area contributed by atoms with E-state index in [9.17, 15) is 4.79 Å². The Balaban J connectivity index is 0.00000176. The highest BCUT2D eigenvalue weighted by atomic mass is 35.5. The van der Waals surface area contributed by atoms with Crippen molar-refractivity contribution in [2.45, 2.75) is 38.0 Å². The molecule has 0 unspecified atom stereocenters. The first-order valence-electron chi connectivity index (χ1n) is 8.06. The first-order chi connectivity index (χ1) is 10.2. The van der Waals surface area contributed by atoms with Gasteiger partial charge in [-0.25, -0.2) is 0 Å². The lowest BCUT2D eigenvalue weighted by Gasteiger charge is -2.50. The van der Waals surface area contributed by atoms with Gasteiger partial charge in [0.05, 0.1) is 7.11 Å². The third-order valence-corrected chi connectivity index (χ3v) is 5.51. The molecule has 3 nitrogen and oxygen atoms in total. The van der Waals surface area contributed by atoms with Gasteiger partial charge in [0.25, 0.3) is 0 Å². The maximum atomic E-state index is 12.2. The minimum atomic E-state index is 0. The van der Waals surface area contributed by atoms with E-state index < -0.39 is 0 Å². The van der Waals surface area contributed by atoms with Gasteiger partial charge in [0.1, 0.15) is 11.5 Å². The predicted molar refractivity (Wildman–Crippen MR) is 91.0 cm³/mol. The van der Waals surface area contributed by atoms with E-state index in [1.54, 1.807) is 7.11 Å². The van der Waals surface area contributed by atoms with Gasteiger partial charge in [-0.2, -0.15) is 0 Å². The number of methoxy groups -OCH3 is 1. The highest BCUT2D eigenvalue weighted by Crippen LogP contribution is 2.48. The molecule has 0 radical (unpaired) electrons. The van der Waals surface area contributed by atoms with Crippen LogP contribution in [0.1, 0.15) is 38.2 Å². The summed E-state index contributed by atoms with van der Waals surface area (Å²) in [4.78, 5) is 14.7. The van der Waals surface area contributed by atoms with Gasteiger partial charge in [0, 0.05) is 24.8 Å². The topological polar surface area (TPSA) is 29.5 Å². The summed E-state index contributed by atoms with van der Waals surface area (Å²) in [6.45, 7) is 5.56. The normalized spacial score (nSPS) is 28.6. The third kappa shape index (κ3) is 3.02. The molecule has 2 atom stereocenters. The summed E-state index contributed by atoms with van der Waals surface area (Å²) >= 11 is 0. The van der Waals surface area contributed by atoms with Crippen LogP contribution in [-0.2, 0) is 10.2 Å². The molecular weight excluding hydrogens is 298 g/mol. The van der Waals surface area contributed by atoms with Crippen molar-refractivity contribution in [3.05, 3.63) is 29.8 Å². The molecule has 1 heterocycles. The molecule has 0 amide bonds. The van der Waals surface area contributed by atoms with Crippen molar-refractivity contribution in [2.24, 2.45) is 5.92 Å².